The molecule has 0 spiro atoms. The van der Waals surface area contributed by atoms with Crippen LogP contribution in [0.2, 0.25) is 0 Å². The van der Waals surface area contributed by atoms with Gasteiger partial charge in [0.25, 0.3) is 0 Å². The lowest BCUT2D eigenvalue weighted by molar-refractivity contribution is 1.23. The summed E-state index contributed by atoms with van der Waals surface area (Å²) in [4.78, 5) is 0. The molecule has 0 radical (unpaired) electrons. The number of rotatable bonds is 1. The van der Waals surface area contributed by atoms with Crippen molar-refractivity contribution in [3.8, 4) is 12.0 Å². The number of nitrogens with one attached hydrogen (secondary N) is 1. The van der Waals surface area contributed by atoms with Crippen LogP contribution in [0.1, 0.15) is 5.56 Å². The maximum Gasteiger partial charge on any atom is 0.0263 e. The van der Waals surface area contributed by atoms with Crippen LogP contribution in [-0.4, -0.2) is 0 Å². The van der Waals surface area contributed by atoms with Crippen molar-refractivity contribution in [3.63, 3.8) is 0 Å². The SMILES string of the molecule is C(#Cc1ccccc1)NC=C1C=CC=C[CH-]1. The molecule has 0 saturated heterocycles. The summed E-state index contributed by atoms with van der Waals surface area (Å²) < 4.78 is 0. The zero-order chi connectivity index (χ0) is 11.1. The van der Waals surface area contributed by atoms with E-state index in [0.717, 1.165) is 11.1 Å². The van der Waals surface area contributed by atoms with E-state index < -0.39 is 0 Å². The van der Waals surface area contributed by atoms with E-state index in [1.165, 1.54) is 0 Å². The number of benzene rings is 1. The summed E-state index contributed by atoms with van der Waals surface area (Å²) in [5.41, 5.74) is 2.13. The molecule has 0 amide bonds. The van der Waals surface area contributed by atoms with E-state index in [2.05, 4.69) is 17.3 Å². The maximum atomic E-state index is 3.02. The largest absolute Gasteiger partial charge is 0.361 e. The van der Waals surface area contributed by atoms with Gasteiger partial charge in [-0.15, -0.1) is 36.3 Å². The first-order valence-electron chi connectivity index (χ1n) is 5.15. The fraction of sp³-hybridized carbons (Fsp3) is 0. The predicted octanol–water partition coefficient (Wildman–Crippen LogP) is 2.80. The monoisotopic (exact) mass is 206 g/mol. The molecule has 1 nitrogen and oxygen atoms in total. The first-order chi connectivity index (χ1) is 7.95. The van der Waals surface area contributed by atoms with Gasteiger partial charge in [-0.3, -0.25) is 0 Å². The third-order valence-corrected chi connectivity index (χ3v) is 2.09. The normalized spacial score (nSPS) is 15.1. The average Bonchev–Trinajstić information content (AvgIpc) is 2.37. The lowest BCUT2D eigenvalue weighted by Gasteiger charge is -2.08. The van der Waals surface area contributed by atoms with E-state index in [0.29, 0.717) is 0 Å². The van der Waals surface area contributed by atoms with Gasteiger partial charge in [-0.2, -0.15) is 0 Å². The summed E-state index contributed by atoms with van der Waals surface area (Å²) in [5.74, 6) is 3.02. The van der Waals surface area contributed by atoms with Crippen molar-refractivity contribution in [2.24, 2.45) is 0 Å². The van der Waals surface area contributed by atoms with Crippen LogP contribution < -0.4 is 5.32 Å². The van der Waals surface area contributed by atoms with Crippen LogP contribution in [0, 0.1) is 18.4 Å². The Kier molecular flexibility index (Phi) is 3.52. The first kappa shape index (κ1) is 10.2. The fourth-order valence-corrected chi connectivity index (χ4v) is 1.30. The molecule has 78 valence electrons. The van der Waals surface area contributed by atoms with Gasteiger partial charge < -0.3 is 5.32 Å². The summed E-state index contributed by atoms with van der Waals surface area (Å²) in [6, 6.07) is 12.8. The van der Waals surface area contributed by atoms with Crippen molar-refractivity contribution in [1.82, 2.24) is 5.32 Å². The van der Waals surface area contributed by atoms with Gasteiger partial charge in [0.2, 0.25) is 0 Å². The molecule has 1 heteroatoms. The summed E-state index contributed by atoms with van der Waals surface area (Å²) in [6.07, 6.45) is 11.9. The molecule has 2 rings (SSSR count). The molecule has 0 unspecified atom stereocenters. The zero-order valence-electron chi connectivity index (χ0n) is 8.85. The van der Waals surface area contributed by atoms with E-state index in [1.54, 1.807) is 0 Å². The topological polar surface area (TPSA) is 12.0 Å². The standard InChI is InChI=1S/C15H12N/c1-3-7-14(8-4-1)11-12-16-13-15-9-5-2-6-10-15/h1-10,13,16H/q-1. The van der Waals surface area contributed by atoms with Crippen molar-refractivity contribution in [2.45, 2.75) is 0 Å². The maximum absolute atomic E-state index is 3.02. The Bertz CT molecular complexity index is 481. The summed E-state index contributed by atoms with van der Waals surface area (Å²) in [7, 11) is 0. The van der Waals surface area contributed by atoms with E-state index >= 15 is 0 Å². The lowest BCUT2D eigenvalue weighted by atomic mass is 10.1. The minimum atomic E-state index is 1.01. The van der Waals surface area contributed by atoms with Crippen LogP contribution in [0.25, 0.3) is 0 Å². The van der Waals surface area contributed by atoms with Gasteiger partial charge in [0.15, 0.2) is 0 Å². The zero-order valence-corrected chi connectivity index (χ0v) is 8.85. The molecule has 0 atom stereocenters. The fourth-order valence-electron chi connectivity index (χ4n) is 1.30. The van der Waals surface area contributed by atoms with Crippen molar-refractivity contribution in [2.75, 3.05) is 0 Å². The number of hydrogen-bond acceptors (Lipinski definition) is 1. The molecule has 0 aliphatic heterocycles. The van der Waals surface area contributed by atoms with Crippen molar-refractivity contribution in [1.29, 1.82) is 0 Å². The molecule has 0 fully saturated rings. The van der Waals surface area contributed by atoms with E-state index in [1.807, 2.05) is 67.3 Å². The molecule has 1 aliphatic carbocycles. The van der Waals surface area contributed by atoms with Crippen LogP contribution in [0.4, 0.5) is 0 Å². The quantitative estimate of drug-likeness (QED) is 0.423. The van der Waals surface area contributed by atoms with E-state index in [9.17, 15) is 0 Å². The Morgan fingerprint density at radius 2 is 2.00 bits per heavy atom. The molecule has 1 N–H and O–H groups in total. The van der Waals surface area contributed by atoms with Crippen LogP contribution >= 0.6 is 0 Å². The lowest BCUT2D eigenvalue weighted by Crippen LogP contribution is -1.96. The Morgan fingerprint density at radius 3 is 2.75 bits per heavy atom. The summed E-state index contributed by atoms with van der Waals surface area (Å²) in [6.45, 7) is 0. The molecule has 0 heterocycles. The van der Waals surface area contributed by atoms with Crippen LogP contribution in [0.5, 0.6) is 0 Å². The highest BCUT2D eigenvalue weighted by molar-refractivity contribution is 5.39. The van der Waals surface area contributed by atoms with Gasteiger partial charge >= 0.3 is 0 Å². The molecular formula is C15H12N-. The van der Waals surface area contributed by atoms with Gasteiger partial charge in [0.1, 0.15) is 0 Å². The third-order valence-electron chi connectivity index (χ3n) is 2.09. The van der Waals surface area contributed by atoms with Gasteiger partial charge in [-0.1, -0.05) is 24.4 Å². The third kappa shape index (κ3) is 3.11. The molecule has 0 saturated carbocycles. The van der Waals surface area contributed by atoms with Crippen LogP contribution in [0.3, 0.4) is 0 Å². The van der Waals surface area contributed by atoms with Crippen LogP contribution in [-0.2, 0) is 0 Å². The first-order valence-corrected chi connectivity index (χ1v) is 5.15. The molecule has 1 aliphatic rings. The highest BCUT2D eigenvalue weighted by atomic mass is 14.8. The molecule has 1 aromatic carbocycles. The highest BCUT2D eigenvalue weighted by Gasteiger charge is 1.82. The van der Waals surface area contributed by atoms with Gasteiger partial charge in [-0.05, 0) is 18.1 Å². The second-order valence-corrected chi connectivity index (χ2v) is 3.32. The Labute approximate surface area is 96.2 Å². The average molecular weight is 206 g/mol. The minimum Gasteiger partial charge on any atom is -0.361 e. The molecule has 0 aromatic heterocycles. The van der Waals surface area contributed by atoms with Gasteiger partial charge in [0, 0.05) is 11.6 Å². The van der Waals surface area contributed by atoms with Crippen molar-refractivity contribution in [3.05, 3.63) is 78.4 Å². The molecule has 1 aromatic rings. The number of hydrogen-bond donors (Lipinski definition) is 1. The summed E-state index contributed by atoms with van der Waals surface area (Å²) in [5, 5.41) is 2.96. The van der Waals surface area contributed by atoms with Gasteiger partial charge in [0.05, 0.1) is 0 Å². The smallest absolute Gasteiger partial charge is 0.0263 e. The second kappa shape index (κ2) is 5.53. The van der Waals surface area contributed by atoms with E-state index in [-0.39, 0.29) is 0 Å². The second-order valence-electron chi connectivity index (χ2n) is 3.32. The van der Waals surface area contributed by atoms with Gasteiger partial charge in [-0.25, -0.2) is 0 Å². The van der Waals surface area contributed by atoms with Crippen molar-refractivity contribution < 1.29 is 0 Å². The van der Waals surface area contributed by atoms with E-state index in [4.69, 9.17) is 0 Å². The Balaban J connectivity index is 1.91. The summed E-state index contributed by atoms with van der Waals surface area (Å²) >= 11 is 0. The Hall–Kier alpha value is -2.33. The van der Waals surface area contributed by atoms with Crippen LogP contribution in [0.15, 0.2) is 66.4 Å². The predicted molar refractivity (Wildman–Crippen MR) is 67.1 cm³/mol. The molecule has 0 bridgehead atoms. The van der Waals surface area contributed by atoms with Crippen molar-refractivity contribution >= 4 is 0 Å². The molecule has 16 heavy (non-hydrogen) atoms. The Morgan fingerprint density at radius 1 is 1.12 bits per heavy atom. The number of allylic oxidation sites excluding steroid dienone is 5. The molecular weight excluding hydrogens is 194 g/mol. The minimum absolute atomic E-state index is 1.01. The highest BCUT2D eigenvalue weighted by Crippen LogP contribution is 2.06.